The first kappa shape index (κ1) is 14.7. The van der Waals surface area contributed by atoms with E-state index in [2.05, 4.69) is 0 Å². The fourth-order valence-corrected chi connectivity index (χ4v) is 1.75. The Bertz CT molecular complexity index is 365. The monoisotopic (exact) mass is 317 g/mol. The highest BCUT2D eigenvalue weighted by Gasteiger charge is 2.47. The maximum Gasteiger partial charge on any atom is 0.227 e. The van der Waals surface area contributed by atoms with Gasteiger partial charge >= 0.3 is 0 Å². The highest BCUT2D eigenvalue weighted by Crippen LogP contribution is 2.52. The van der Waals surface area contributed by atoms with Crippen LogP contribution in [-0.4, -0.2) is 3.79 Å². The second kappa shape index (κ2) is 5.12. The fourth-order valence-electron chi connectivity index (χ4n) is 1.19. The molecule has 0 amide bonds. The minimum absolute atomic E-state index is 0.564. The van der Waals surface area contributed by atoms with E-state index in [9.17, 15) is 0 Å². The Morgan fingerprint density at radius 1 is 1.00 bits per heavy atom. The molecule has 1 aromatic carbocycles. The highest BCUT2D eigenvalue weighted by molar-refractivity contribution is 6.75. The van der Waals surface area contributed by atoms with Crippen LogP contribution in [0.3, 0.4) is 0 Å². The molecule has 0 fully saturated rings. The summed E-state index contributed by atoms with van der Waals surface area (Å²) in [5.74, 6) is 1.13. The van der Waals surface area contributed by atoms with Gasteiger partial charge in [0.1, 0.15) is 0 Å². The summed E-state index contributed by atoms with van der Waals surface area (Å²) in [5.41, 5.74) is 1.58. The third-order valence-electron chi connectivity index (χ3n) is 2.16. The molecule has 16 heavy (non-hydrogen) atoms. The maximum atomic E-state index is 6.07. The Balaban J connectivity index is 3.19. The van der Waals surface area contributed by atoms with Gasteiger partial charge in [-0.3, -0.25) is 0 Å². The van der Waals surface area contributed by atoms with Crippen molar-refractivity contribution in [3.8, 4) is 0 Å². The number of hydrogen-bond donors (Lipinski definition) is 0. The molecule has 1 rings (SSSR count). The van der Waals surface area contributed by atoms with Crippen LogP contribution in [0, 0.1) is 5.92 Å². The van der Waals surface area contributed by atoms with E-state index in [1.54, 1.807) is 6.07 Å². The summed E-state index contributed by atoms with van der Waals surface area (Å²) in [7, 11) is 0. The lowest BCUT2D eigenvalue weighted by atomic mass is 10.00. The predicted molar refractivity (Wildman–Crippen MR) is 73.8 cm³/mol. The van der Waals surface area contributed by atoms with Crippen molar-refractivity contribution in [2.45, 2.75) is 22.0 Å². The number of rotatable bonds is 2. The quantitative estimate of drug-likeness (QED) is 0.618. The van der Waals surface area contributed by atoms with Crippen LogP contribution < -0.4 is 0 Å². The largest absolute Gasteiger partial charge is 0.227 e. The van der Waals surface area contributed by atoms with Gasteiger partial charge in [-0.05, 0) is 17.0 Å². The normalized spacial score (nSPS) is 13.2. The molecule has 0 aromatic heterocycles. The molecule has 1 aromatic rings. The molecule has 0 atom stereocenters. The summed E-state index contributed by atoms with van der Waals surface area (Å²) in [4.78, 5) is 0. The number of alkyl halides is 5. The van der Waals surface area contributed by atoms with Crippen molar-refractivity contribution in [1.29, 1.82) is 0 Å². The van der Waals surface area contributed by atoms with E-state index in [1.165, 1.54) is 0 Å². The Morgan fingerprint density at radius 3 is 2.00 bits per heavy atom. The molecule has 0 N–H and O–H groups in total. The molecule has 1 radical (unpaired) electrons. The average Bonchev–Trinajstić information content (AvgIpc) is 2.16. The van der Waals surface area contributed by atoms with Gasteiger partial charge in [-0.25, -0.2) is 0 Å². The van der Waals surface area contributed by atoms with Gasteiger partial charge in [-0.2, -0.15) is 0 Å². The summed E-state index contributed by atoms with van der Waals surface area (Å²) >= 11 is 29.4. The molecule has 0 spiro atoms. The Kier molecular flexibility index (Phi) is 4.71. The number of hydrogen-bond acceptors (Lipinski definition) is 0. The van der Waals surface area contributed by atoms with Crippen molar-refractivity contribution < 1.29 is 0 Å². The SMILES string of the molecule is C[C](C)c1cccc(C(Cl)(Cl)C(Cl)(Cl)Cl)c1. The Hall–Kier alpha value is 0.670. The minimum Gasteiger partial charge on any atom is -0.0915 e. The van der Waals surface area contributed by atoms with Crippen LogP contribution >= 0.6 is 58.0 Å². The van der Waals surface area contributed by atoms with E-state index < -0.39 is 8.13 Å². The highest BCUT2D eigenvalue weighted by atomic mass is 35.6. The van der Waals surface area contributed by atoms with Crippen molar-refractivity contribution in [1.82, 2.24) is 0 Å². The van der Waals surface area contributed by atoms with Gasteiger partial charge in [-0.15, -0.1) is 0 Å². The molecule has 89 valence electrons. The Labute approximate surface area is 121 Å². The van der Waals surface area contributed by atoms with Crippen LogP contribution in [0.25, 0.3) is 0 Å². The van der Waals surface area contributed by atoms with Crippen molar-refractivity contribution in [2.24, 2.45) is 0 Å². The van der Waals surface area contributed by atoms with Crippen LogP contribution in [0.5, 0.6) is 0 Å². The van der Waals surface area contributed by atoms with E-state index in [0.717, 1.165) is 11.5 Å². The lowest BCUT2D eigenvalue weighted by Crippen LogP contribution is -2.28. The van der Waals surface area contributed by atoms with Crippen molar-refractivity contribution in [2.75, 3.05) is 0 Å². The molecule has 0 saturated heterocycles. The first-order valence-electron chi connectivity index (χ1n) is 4.52. The fraction of sp³-hybridized carbons (Fsp3) is 0.364. The molecule has 0 nitrogen and oxygen atoms in total. The van der Waals surface area contributed by atoms with Crippen molar-refractivity contribution in [3.05, 3.63) is 41.3 Å². The molecule has 0 aliphatic heterocycles. The van der Waals surface area contributed by atoms with Crippen LogP contribution in [-0.2, 0) is 4.33 Å². The lowest BCUT2D eigenvalue weighted by molar-refractivity contribution is 0.874. The summed E-state index contributed by atoms with van der Waals surface area (Å²) in [6, 6.07) is 7.32. The molecule has 0 heterocycles. The summed E-state index contributed by atoms with van der Waals surface area (Å²) in [5, 5.41) is 0. The number of halogens is 5. The van der Waals surface area contributed by atoms with Gasteiger partial charge in [0.2, 0.25) is 3.79 Å². The van der Waals surface area contributed by atoms with Gasteiger partial charge in [0, 0.05) is 0 Å². The van der Waals surface area contributed by atoms with Gasteiger partial charge < -0.3 is 0 Å². The number of benzene rings is 1. The first-order valence-corrected chi connectivity index (χ1v) is 6.41. The topological polar surface area (TPSA) is 0 Å². The van der Waals surface area contributed by atoms with Crippen LogP contribution in [0.2, 0.25) is 0 Å². The van der Waals surface area contributed by atoms with Crippen molar-refractivity contribution in [3.63, 3.8) is 0 Å². The lowest BCUT2D eigenvalue weighted by Gasteiger charge is -2.28. The molecule has 5 heteroatoms. The third-order valence-corrected chi connectivity index (χ3v) is 4.59. The minimum atomic E-state index is -1.78. The average molecular weight is 319 g/mol. The summed E-state index contributed by atoms with van der Waals surface area (Å²) in [6.45, 7) is 3.97. The summed E-state index contributed by atoms with van der Waals surface area (Å²) in [6.07, 6.45) is 0. The van der Waals surface area contributed by atoms with Crippen LogP contribution in [0.1, 0.15) is 25.0 Å². The van der Waals surface area contributed by atoms with Gasteiger partial charge in [0.15, 0.2) is 4.33 Å². The zero-order chi connectivity index (χ0) is 12.6. The molecule has 0 unspecified atom stereocenters. The van der Waals surface area contributed by atoms with E-state index >= 15 is 0 Å². The van der Waals surface area contributed by atoms with Crippen LogP contribution in [0.4, 0.5) is 0 Å². The zero-order valence-corrected chi connectivity index (χ0v) is 12.5. The Morgan fingerprint density at radius 2 is 1.56 bits per heavy atom. The molecular formula is C11H10Cl5. The van der Waals surface area contributed by atoms with Crippen molar-refractivity contribution >= 4 is 58.0 Å². The van der Waals surface area contributed by atoms with E-state index in [-0.39, 0.29) is 0 Å². The molecule has 0 bridgehead atoms. The molecule has 0 aliphatic rings. The maximum absolute atomic E-state index is 6.07. The van der Waals surface area contributed by atoms with Gasteiger partial charge in [-0.1, -0.05) is 96.1 Å². The smallest absolute Gasteiger partial charge is 0.0915 e. The molecule has 0 aliphatic carbocycles. The molecule has 0 saturated carbocycles. The second-order valence-electron chi connectivity index (χ2n) is 3.65. The molecular weight excluding hydrogens is 309 g/mol. The third kappa shape index (κ3) is 3.11. The first-order chi connectivity index (χ1) is 7.16. The summed E-state index contributed by atoms with van der Waals surface area (Å²) < 4.78 is -3.35. The van der Waals surface area contributed by atoms with E-state index in [0.29, 0.717) is 5.56 Å². The van der Waals surface area contributed by atoms with Gasteiger partial charge in [0.25, 0.3) is 0 Å². The predicted octanol–water partition coefficient (Wildman–Crippen LogP) is 5.65. The zero-order valence-electron chi connectivity index (χ0n) is 8.70. The standard InChI is InChI=1S/C11H10Cl5/c1-7(2)8-4-3-5-9(6-8)10(12,13)11(14,15)16/h3-6H,1-2H3. The van der Waals surface area contributed by atoms with E-state index in [1.807, 2.05) is 32.0 Å². The van der Waals surface area contributed by atoms with Gasteiger partial charge in [0.05, 0.1) is 0 Å². The van der Waals surface area contributed by atoms with Crippen LogP contribution in [0.15, 0.2) is 24.3 Å². The van der Waals surface area contributed by atoms with E-state index in [4.69, 9.17) is 58.0 Å². The second-order valence-corrected chi connectivity index (χ2v) is 7.26.